The number of benzene rings is 3. The smallest absolute Gasteiger partial charge is 0.168 e. The van der Waals surface area contributed by atoms with Crippen molar-refractivity contribution in [3.63, 3.8) is 0 Å². The van der Waals surface area contributed by atoms with Crippen LogP contribution in [0.15, 0.2) is 78.9 Å². The lowest BCUT2D eigenvalue weighted by atomic mass is 10.1. The molecule has 3 aromatic carbocycles. The predicted molar refractivity (Wildman–Crippen MR) is 102 cm³/mol. The minimum absolute atomic E-state index is 0.847. The van der Waals surface area contributed by atoms with E-state index in [0.717, 1.165) is 28.5 Å². The first-order chi connectivity index (χ1) is 12.2. The van der Waals surface area contributed by atoms with Crippen LogP contribution in [0.1, 0.15) is 11.1 Å². The van der Waals surface area contributed by atoms with Crippen molar-refractivity contribution in [3.05, 3.63) is 90.0 Å². The Morgan fingerprint density at radius 3 is 1.60 bits per heavy atom. The molecule has 0 amide bonds. The predicted octanol–water partition coefficient (Wildman–Crippen LogP) is 5.22. The third-order valence-electron chi connectivity index (χ3n) is 4.30. The van der Waals surface area contributed by atoms with Crippen molar-refractivity contribution in [1.29, 1.82) is 0 Å². The average molecular weight is 325 g/mol. The molecule has 1 aromatic heterocycles. The van der Waals surface area contributed by atoms with Gasteiger partial charge in [0.25, 0.3) is 0 Å². The summed E-state index contributed by atoms with van der Waals surface area (Å²) in [6, 6.07) is 27.0. The van der Waals surface area contributed by atoms with Crippen LogP contribution in [0.4, 0.5) is 0 Å². The third kappa shape index (κ3) is 2.96. The second kappa shape index (κ2) is 6.36. The van der Waals surface area contributed by atoms with Crippen LogP contribution in [-0.4, -0.2) is 14.8 Å². The summed E-state index contributed by atoms with van der Waals surface area (Å²) >= 11 is 0. The number of aryl methyl sites for hydroxylation is 2. The lowest BCUT2D eigenvalue weighted by Crippen LogP contribution is -2.00. The highest BCUT2D eigenvalue weighted by Crippen LogP contribution is 2.28. The van der Waals surface area contributed by atoms with Gasteiger partial charge in [-0.25, -0.2) is 0 Å². The average Bonchev–Trinajstić information content (AvgIpc) is 3.09. The maximum Gasteiger partial charge on any atom is 0.168 e. The van der Waals surface area contributed by atoms with Crippen LogP contribution in [0, 0.1) is 13.8 Å². The summed E-state index contributed by atoms with van der Waals surface area (Å²) in [4.78, 5) is 0. The Labute approximate surface area is 147 Å². The molecule has 0 aliphatic heterocycles. The molecule has 0 spiro atoms. The molecule has 3 heteroatoms. The van der Waals surface area contributed by atoms with Crippen molar-refractivity contribution in [2.75, 3.05) is 0 Å². The normalized spacial score (nSPS) is 10.8. The van der Waals surface area contributed by atoms with Gasteiger partial charge in [-0.05, 0) is 26.0 Å². The van der Waals surface area contributed by atoms with E-state index < -0.39 is 0 Å². The van der Waals surface area contributed by atoms with Crippen LogP contribution < -0.4 is 0 Å². The molecular formula is C22H19N3. The van der Waals surface area contributed by atoms with Gasteiger partial charge in [0.2, 0.25) is 0 Å². The highest BCUT2D eigenvalue weighted by Gasteiger charge is 2.16. The maximum absolute atomic E-state index is 4.50. The monoisotopic (exact) mass is 325 g/mol. The molecule has 0 atom stereocenters. The summed E-state index contributed by atoms with van der Waals surface area (Å²) in [5, 5.41) is 9.00. The molecular weight excluding hydrogens is 306 g/mol. The zero-order valence-corrected chi connectivity index (χ0v) is 14.3. The Balaban J connectivity index is 1.94. The quantitative estimate of drug-likeness (QED) is 0.517. The molecule has 0 unspecified atom stereocenters. The SMILES string of the molecule is Cc1ccc(-c2nnc(-c3ccccc3)n2-c2ccc(C)cc2)cc1. The van der Waals surface area contributed by atoms with Gasteiger partial charge >= 0.3 is 0 Å². The van der Waals surface area contributed by atoms with Gasteiger partial charge in [-0.15, -0.1) is 10.2 Å². The standard InChI is InChI=1S/C22H19N3/c1-16-8-12-19(13-9-16)22-24-23-21(18-6-4-3-5-7-18)25(22)20-14-10-17(2)11-15-20/h3-15H,1-2H3. The molecule has 4 aromatic rings. The van der Waals surface area contributed by atoms with Gasteiger partial charge in [0.15, 0.2) is 11.6 Å². The Bertz CT molecular complexity index is 982. The molecule has 122 valence electrons. The summed E-state index contributed by atoms with van der Waals surface area (Å²) in [7, 11) is 0. The fourth-order valence-electron chi connectivity index (χ4n) is 2.89. The van der Waals surface area contributed by atoms with Gasteiger partial charge in [0.1, 0.15) is 0 Å². The number of hydrogen-bond donors (Lipinski definition) is 0. The highest BCUT2D eigenvalue weighted by atomic mass is 15.3. The minimum atomic E-state index is 0.847. The first-order valence-electron chi connectivity index (χ1n) is 8.37. The molecule has 4 rings (SSSR count). The van der Waals surface area contributed by atoms with Gasteiger partial charge in [-0.2, -0.15) is 0 Å². The lowest BCUT2D eigenvalue weighted by Gasteiger charge is -2.11. The van der Waals surface area contributed by atoms with Crippen molar-refractivity contribution >= 4 is 0 Å². The molecule has 0 N–H and O–H groups in total. The summed E-state index contributed by atoms with van der Waals surface area (Å²) < 4.78 is 2.12. The maximum atomic E-state index is 4.50. The zero-order chi connectivity index (χ0) is 17.2. The van der Waals surface area contributed by atoms with E-state index in [1.54, 1.807) is 0 Å². The Hall–Kier alpha value is -3.20. The van der Waals surface area contributed by atoms with Crippen molar-refractivity contribution < 1.29 is 0 Å². The van der Waals surface area contributed by atoms with Gasteiger partial charge in [-0.1, -0.05) is 77.9 Å². The third-order valence-corrected chi connectivity index (χ3v) is 4.30. The zero-order valence-electron chi connectivity index (χ0n) is 14.3. The Morgan fingerprint density at radius 2 is 1.04 bits per heavy atom. The van der Waals surface area contributed by atoms with Gasteiger partial charge in [-0.3, -0.25) is 4.57 Å². The number of nitrogens with zero attached hydrogens (tertiary/aromatic N) is 3. The summed E-state index contributed by atoms with van der Waals surface area (Å²) in [5.41, 5.74) is 5.63. The Morgan fingerprint density at radius 1 is 0.560 bits per heavy atom. The van der Waals surface area contributed by atoms with Crippen LogP contribution >= 0.6 is 0 Å². The van der Waals surface area contributed by atoms with E-state index in [9.17, 15) is 0 Å². The fraction of sp³-hybridized carbons (Fsp3) is 0.0909. The molecule has 0 aliphatic carbocycles. The van der Waals surface area contributed by atoms with Crippen LogP contribution in [0.2, 0.25) is 0 Å². The van der Waals surface area contributed by atoms with E-state index in [0.29, 0.717) is 0 Å². The van der Waals surface area contributed by atoms with E-state index in [-0.39, 0.29) is 0 Å². The van der Waals surface area contributed by atoms with E-state index >= 15 is 0 Å². The van der Waals surface area contributed by atoms with Crippen LogP contribution in [0.5, 0.6) is 0 Å². The van der Waals surface area contributed by atoms with E-state index in [1.165, 1.54) is 11.1 Å². The minimum Gasteiger partial charge on any atom is -0.275 e. The Kier molecular flexibility index (Phi) is 3.90. The highest BCUT2D eigenvalue weighted by molar-refractivity contribution is 5.66. The van der Waals surface area contributed by atoms with Crippen molar-refractivity contribution in [1.82, 2.24) is 14.8 Å². The van der Waals surface area contributed by atoms with Crippen LogP contribution in [-0.2, 0) is 0 Å². The molecule has 0 saturated heterocycles. The summed E-state index contributed by atoms with van der Waals surface area (Å²) in [6.45, 7) is 4.18. The molecule has 0 aliphatic rings. The molecule has 0 bridgehead atoms. The first kappa shape index (κ1) is 15.3. The second-order valence-electron chi connectivity index (χ2n) is 6.25. The molecule has 1 heterocycles. The fourth-order valence-corrected chi connectivity index (χ4v) is 2.89. The number of rotatable bonds is 3. The van der Waals surface area contributed by atoms with E-state index in [1.807, 2.05) is 18.2 Å². The van der Waals surface area contributed by atoms with Crippen LogP contribution in [0.3, 0.4) is 0 Å². The molecule has 25 heavy (non-hydrogen) atoms. The molecule has 3 nitrogen and oxygen atoms in total. The van der Waals surface area contributed by atoms with E-state index in [4.69, 9.17) is 0 Å². The van der Waals surface area contributed by atoms with Crippen molar-refractivity contribution in [3.8, 4) is 28.5 Å². The lowest BCUT2D eigenvalue weighted by molar-refractivity contribution is 1.07. The topological polar surface area (TPSA) is 30.7 Å². The second-order valence-corrected chi connectivity index (χ2v) is 6.25. The number of hydrogen-bond acceptors (Lipinski definition) is 2. The van der Waals surface area contributed by atoms with Gasteiger partial charge in [0, 0.05) is 16.8 Å². The molecule has 0 fully saturated rings. The van der Waals surface area contributed by atoms with Gasteiger partial charge < -0.3 is 0 Å². The summed E-state index contributed by atoms with van der Waals surface area (Å²) in [5.74, 6) is 1.70. The van der Waals surface area contributed by atoms with Crippen molar-refractivity contribution in [2.24, 2.45) is 0 Å². The van der Waals surface area contributed by atoms with E-state index in [2.05, 4.69) is 89.3 Å². The van der Waals surface area contributed by atoms with Crippen LogP contribution in [0.25, 0.3) is 28.5 Å². The number of aromatic nitrogens is 3. The van der Waals surface area contributed by atoms with Gasteiger partial charge in [0.05, 0.1) is 0 Å². The molecule has 0 radical (unpaired) electrons. The summed E-state index contributed by atoms with van der Waals surface area (Å²) in [6.07, 6.45) is 0. The molecule has 0 saturated carbocycles. The van der Waals surface area contributed by atoms with Crippen molar-refractivity contribution in [2.45, 2.75) is 13.8 Å². The largest absolute Gasteiger partial charge is 0.275 e. The first-order valence-corrected chi connectivity index (χ1v) is 8.37.